The minimum Gasteiger partial charge on any atom is -0.395 e. The summed E-state index contributed by atoms with van der Waals surface area (Å²) in [5, 5.41) is 23.0. The summed E-state index contributed by atoms with van der Waals surface area (Å²) in [6.45, 7) is 0.536. The molecular weight excluding hydrogens is 298 g/mol. The molecule has 1 heterocycles. The van der Waals surface area contributed by atoms with E-state index in [-0.39, 0.29) is 6.61 Å². The zero-order chi connectivity index (χ0) is 16.4. The van der Waals surface area contributed by atoms with E-state index in [1.807, 2.05) is 18.2 Å². The van der Waals surface area contributed by atoms with E-state index in [0.717, 1.165) is 33.8 Å². The maximum atomic E-state index is 9.02. The van der Waals surface area contributed by atoms with E-state index in [1.165, 1.54) is 24.8 Å². The van der Waals surface area contributed by atoms with Gasteiger partial charge in [-0.05, 0) is 24.3 Å². The molecule has 0 aliphatic heterocycles. The topological polar surface area (TPSA) is 58.0 Å². The van der Waals surface area contributed by atoms with Crippen molar-refractivity contribution in [3.8, 4) is 11.3 Å². The molecule has 0 saturated heterocycles. The highest BCUT2D eigenvalue weighted by Gasteiger charge is 2.19. The van der Waals surface area contributed by atoms with E-state index in [0.29, 0.717) is 6.54 Å². The predicted octanol–water partition coefficient (Wildman–Crippen LogP) is 3.97. The number of rotatable bonds is 5. The fourth-order valence-electron chi connectivity index (χ4n) is 3.28. The molecule has 0 radical (unpaired) electrons. The van der Waals surface area contributed by atoms with E-state index in [2.05, 4.69) is 45.8 Å². The highest BCUT2D eigenvalue weighted by Crippen LogP contribution is 2.37. The number of hydrogen-bond donors (Lipinski definition) is 2. The molecule has 2 aromatic carbocycles. The minimum atomic E-state index is 0.0698. The van der Waals surface area contributed by atoms with Gasteiger partial charge >= 0.3 is 0 Å². The molecule has 1 fully saturated rings. The van der Waals surface area contributed by atoms with E-state index in [4.69, 9.17) is 5.11 Å². The Bertz CT molecular complexity index is 841. The summed E-state index contributed by atoms with van der Waals surface area (Å²) in [5.74, 6) is 1.46. The molecular formula is C20H21N3O. The lowest BCUT2D eigenvalue weighted by atomic mass is 9.80. The van der Waals surface area contributed by atoms with Crippen molar-refractivity contribution in [2.75, 3.05) is 18.5 Å². The standard InChI is InChI=1S/C20H21N3O/c24-13-12-21-20-18-7-2-1-6-17(18)19(22-23-20)16-10-8-15(9-11-16)14-4-3-5-14/h1-2,6-11,14,24H,3-5,12-13H2,(H,21,23). The molecule has 4 nitrogen and oxygen atoms in total. The number of aromatic nitrogens is 2. The first-order valence-electron chi connectivity index (χ1n) is 8.57. The molecule has 122 valence electrons. The quantitative estimate of drug-likeness (QED) is 0.747. The number of fused-ring (bicyclic) bond motifs is 1. The molecule has 0 bridgehead atoms. The third-order valence-electron chi connectivity index (χ3n) is 4.85. The molecule has 4 rings (SSSR count). The maximum Gasteiger partial charge on any atom is 0.156 e. The molecule has 1 aromatic heterocycles. The van der Waals surface area contributed by atoms with Gasteiger partial charge in [0.1, 0.15) is 5.69 Å². The summed E-state index contributed by atoms with van der Waals surface area (Å²) in [7, 11) is 0. The number of aliphatic hydroxyl groups excluding tert-OH is 1. The molecule has 1 saturated carbocycles. The van der Waals surface area contributed by atoms with Crippen LogP contribution in [0.3, 0.4) is 0 Å². The number of aliphatic hydroxyl groups is 1. The number of anilines is 1. The van der Waals surface area contributed by atoms with Gasteiger partial charge in [-0.3, -0.25) is 0 Å². The van der Waals surface area contributed by atoms with Crippen LogP contribution in [0, 0.1) is 0 Å². The minimum absolute atomic E-state index is 0.0698. The first kappa shape index (κ1) is 15.1. The lowest BCUT2D eigenvalue weighted by Gasteiger charge is -2.25. The number of benzene rings is 2. The van der Waals surface area contributed by atoms with Gasteiger partial charge < -0.3 is 10.4 Å². The summed E-state index contributed by atoms with van der Waals surface area (Å²) >= 11 is 0. The van der Waals surface area contributed by atoms with Crippen molar-refractivity contribution in [2.45, 2.75) is 25.2 Å². The second kappa shape index (κ2) is 6.57. The molecule has 1 aliphatic rings. The first-order valence-corrected chi connectivity index (χ1v) is 8.57. The Labute approximate surface area is 141 Å². The number of nitrogens with zero attached hydrogens (tertiary/aromatic N) is 2. The van der Waals surface area contributed by atoms with Gasteiger partial charge in [-0.15, -0.1) is 10.2 Å². The Hall–Kier alpha value is -2.46. The average molecular weight is 319 g/mol. The van der Waals surface area contributed by atoms with Gasteiger partial charge in [0.15, 0.2) is 5.82 Å². The van der Waals surface area contributed by atoms with Crippen molar-refractivity contribution in [2.24, 2.45) is 0 Å². The van der Waals surface area contributed by atoms with Crippen LogP contribution >= 0.6 is 0 Å². The summed E-state index contributed by atoms with van der Waals surface area (Å²) in [4.78, 5) is 0. The first-order chi connectivity index (χ1) is 11.9. The van der Waals surface area contributed by atoms with E-state index < -0.39 is 0 Å². The lowest BCUT2D eigenvalue weighted by Crippen LogP contribution is -2.09. The largest absolute Gasteiger partial charge is 0.395 e. The Morgan fingerprint density at radius 2 is 1.71 bits per heavy atom. The van der Waals surface area contributed by atoms with Gasteiger partial charge in [-0.25, -0.2) is 0 Å². The van der Waals surface area contributed by atoms with Crippen LogP contribution in [0.2, 0.25) is 0 Å². The Morgan fingerprint density at radius 3 is 2.38 bits per heavy atom. The fraction of sp³-hybridized carbons (Fsp3) is 0.300. The van der Waals surface area contributed by atoms with Crippen molar-refractivity contribution in [1.29, 1.82) is 0 Å². The monoisotopic (exact) mass is 319 g/mol. The van der Waals surface area contributed by atoms with Gasteiger partial charge in [-0.1, -0.05) is 55.0 Å². The molecule has 2 N–H and O–H groups in total. The summed E-state index contributed by atoms with van der Waals surface area (Å²) in [5.41, 5.74) is 3.43. The lowest BCUT2D eigenvalue weighted by molar-refractivity contribution is 0.311. The van der Waals surface area contributed by atoms with E-state index in [9.17, 15) is 0 Å². The fourth-order valence-corrected chi connectivity index (χ4v) is 3.28. The van der Waals surface area contributed by atoms with E-state index in [1.54, 1.807) is 0 Å². The molecule has 24 heavy (non-hydrogen) atoms. The second-order valence-electron chi connectivity index (χ2n) is 6.34. The van der Waals surface area contributed by atoms with Crippen LogP contribution in [0.25, 0.3) is 22.0 Å². The Morgan fingerprint density at radius 1 is 0.958 bits per heavy atom. The van der Waals surface area contributed by atoms with Crippen molar-refractivity contribution >= 4 is 16.6 Å². The maximum absolute atomic E-state index is 9.02. The van der Waals surface area contributed by atoms with Gasteiger partial charge in [0.2, 0.25) is 0 Å². The van der Waals surface area contributed by atoms with Crippen molar-refractivity contribution in [3.63, 3.8) is 0 Å². The van der Waals surface area contributed by atoms with Gasteiger partial charge in [0.25, 0.3) is 0 Å². The average Bonchev–Trinajstić information content (AvgIpc) is 2.59. The third-order valence-corrected chi connectivity index (χ3v) is 4.85. The molecule has 0 atom stereocenters. The molecule has 0 spiro atoms. The number of hydrogen-bond acceptors (Lipinski definition) is 4. The van der Waals surface area contributed by atoms with Crippen LogP contribution in [0.4, 0.5) is 5.82 Å². The number of nitrogens with one attached hydrogen (secondary N) is 1. The Balaban J connectivity index is 1.73. The van der Waals surface area contributed by atoms with Crippen molar-refractivity contribution in [3.05, 3.63) is 54.1 Å². The van der Waals surface area contributed by atoms with Crippen LogP contribution < -0.4 is 5.32 Å². The highest BCUT2D eigenvalue weighted by atomic mass is 16.3. The molecule has 3 aromatic rings. The zero-order valence-electron chi connectivity index (χ0n) is 13.6. The van der Waals surface area contributed by atoms with Crippen LogP contribution in [-0.2, 0) is 0 Å². The van der Waals surface area contributed by atoms with E-state index >= 15 is 0 Å². The summed E-state index contributed by atoms with van der Waals surface area (Å²) in [6.07, 6.45) is 3.98. The second-order valence-corrected chi connectivity index (χ2v) is 6.34. The highest BCUT2D eigenvalue weighted by molar-refractivity contribution is 6.00. The normalized spacial score (nSPS) is 14.5. The zero-order valence-corrected chi connectivity index (χ0v) is 13.6. The van der Waals surface area contributed by atoms with Crippen molar-refractivity contribution in [1.82, 2.24) is 10.2 Å². The van der Waals surface area contributed by atoms with Crippen LogP contribution in [0.1, 0.15) is 30.7 Å². The van der Waals surface area contributed by atoms with Crippen molar-refractivity contribution < 1.29 is 5.11 Å². The van der Waals surface area contributed by atoms with Crippen LogP contribution in [0.15, 0.2) is 48.5 Å². The summed E-state index contributed by atoms with van der Waals surface area (Å²) in [6, 6.07) is 16.9. The van der Waals surface area contributed by atoms with Gasteiger partial charge in [0.05, 0.1) is 6.61 Å². The van der Waals surface area contributed by atoms with Crippen LogP contribution in [-0.4, -0.2) is 28.5 Å². The van der Waals surface area contributed by atoms with Gasteiger partial charge in [-0.2, -0.15) is 0 Å². The Kier molecular flexibility index (Phi) is 4.13. The van der Waals surface area contributed by atoms with Gasteiger partial charge in [0, 0.05) is 22.9 Å². The smallest absolute Gasteiger partial charge is 0.156 e. The SMILES string of the molecule is OCCNc1nnc(-c2ccc(C3CCC3)cc2)c2ccccc12. The van der Waals surface area contributed by atoms with Crippen LogP contribution in [0.5, 0.6) is 0 Å². The molecule has 1 aliphatic carbocycles. The molecule has 0 amide bonds. The predicted molar refractivity (Wildman–Crippen MR) is 97.1 cm³/mol. The summed E-state index contributed by atoms with van der Waals surface area (Å²) < 4.78 is 0. The molecule has 0 unspecified atom stereocenters. The third kappa shape index (κ3) is 2.74. The molecule has 4 heteroatoms.